The van der Waals surface area contributed by atoms with E-state index in [4.69, 9.17) is 9.47 Å². The predicted molar refractivity (Wildman–Crippen MR) is 91.2 cm³/mol. The van der Waals surface area contributed by atoms with Gasteiger partial charge >= 0.3 is 12.0 Å². The summed E-state index contributed by atoms with van der Waals surface area (Å²) in [5.41, 5.74) is 1.02. The van der Waals surface area contributed by atoms with Crippen molar-refractivity contribution in [1.82, 2.24) is 14.4 Å². The minimum Gasteiger partial charge on any atom is -0.383 e. The highest BCUT2D eigenvalue weighted by atomic mass is 16.5. The lowest BCUT2D eigenvalue weighted by atomic mass is 10.1. The number of ether oxygens (including phenoxy) is 2. The zero-order valence-corrected chi connectivity index (χ0v) is 15.3. The molecule has 0 radical (unpaired) electrons. The van der Waals surface area contributed by atoms with E-state index >= 15 is 0 Å². The van der Waals surface area contributed by atoms with Gasteiger partial charge in [-0.1, -0.05) is 4.99 Å². The fraction of sp³-hybridized carbons (Fsp3) is 0.647. The van der Waals surface area contributed by atoms with Crippen molar-refractivity contribution >= 4 is 23.7 Å². The standard InChI is InChI=1S/C17H24N5O4/c1-11-9-22-13-14(18-16(22)21(11)10-12-5-4-7-26-12)19(2)17(24)20(15(13)23)6-8-25-3/h9,12-13H,4-8,10H2,1-3H3/q+1. The Balaban J connectivity index is 1.68. The third-order valence-corrected chi connectivity index (χ3v) is 5.25. The molecule has 0 saturated carbocycles. The van der Waals surface area contributed by atoms with Gasteiger partial charge in [0.15, 0.2) is 0 Å². The minimum atomic E-state index is -0.603. The first-order chi connectivity index (χ1) is 12.5. The summed E-state index contributed by atoms with van der Waals surface area (Å²) in [6, 6.07) is -0.968. The Morgan fingerprint density at radius 2 is 2.23 bits per heavy atom. The van der Waals surface area contributed by atoms with E-state index in [-0.39, 0.29) is 24.6 Å². The van der Waals surface area contributed by atoms with Gasteiger partial charge < -0.3 is 9.47 Å². The van der Waals surface area contributed by atoms with Gasteiger partial charge in [0.1, 0.15) is 11.9 Å². The van der Waals surface area contributed by atoms with Crippen LogP contribution in [0, 0.1) is 6.92 Å². The number of hydrogen-bond acceptors (Lipinski definition) is 5. The zero-order valence-electron chi connectivity index (χ0n) is 15.3. The van der Waals surface area contributed by atoms with Gasteiger partial charge in [0.25, 0.3) is 5.91 Å². The van der Waals surface area contributed by atoms with Crippen LogP contribution in [0.15, 0.2) is 11.2 Å². The normalized spacial score (nSPS) is 25.0. The number of amidine groups is 1. The van der Waals surface area contributed by atoms with Crippen LogP contribution in [0.5, 0.6) is 0 Å². The van der Waals surface area contributed by atoms with Gasteiger partial charge in [0, 0.05) is 20.8 Å². The van der Waals surface area contributed by atoms with Crippen LogP contribution in [0.4, 0.5) is 10.7 Å². The number of likely N-dealkylation sites (N-methyl/N-ethyl adjacent to an activating group) is 1. The number of fused-ring (bicyclic) bond motifs is 3. The summed E-state index contributed by atoms with van der Waals surface area (Å²) in [7, 11) is 3.20. The third-order valence-electron chi connectivity index (χ3n) is 5.25. The van der Waals surface area contributed by atoms with E-state index in [1.165, 1.54) is 9.80 Å². The molecule has 2 unspecified atom stereocenters. The van der Waals surface area contributed by atoms with Gasteiger partial charge in [0.2, 0.25) is 11.9 Å². The molecule has 26 heavy (non-hydrogen) atoms. The number of aromatic nitrogens is 2. The Morgan fingerprint density at radius 3 is 2.92 bits per heavy atom. The highest BCUT2D eigenvalue weighted by Gasteiger charge is 2.53. The molecule has 2 saturated heterocycles. The molecule has 140 valence electrons. The first-order valence-corrected chi connectivity index (χ1v) is 8.92. The van der Waals surface area contributed by atoms with Crippen molar-refractivity contribution < 1.29 is 23.6 Å². The van der Waals surface area contributed by atoms with E-state index in [1.807, 2.05) is 17.7 Å². The average molecular weight is 362 g/mol. The van der Waals surface area contributed by atoms with Gasteiger partial charge in [-0.05, 0) is 19.8 Å². The van der Waals surface area contributed by atoms with Crippen molar-refractivity contribution in [1.29, 1.82) is 0 Å². The molecule has 4 heterocycles. The highest BCUT2D eigenvalue weighted by Crippen LogP contribution is 2.30. The first kappa shape index (κ1) is 17.2. The second kappa shape index (κ2) is 6.48. The van der Waals surface area contributed by atoms with Crippen LogP contribution < -0.4 is 4.57 Å². The molecule has 0 spiro atoms. The minimum absolute atomic E-state index is 0.168. The predicted octanol–water partition coefficient (Wildman–Crippen LogP) is 0.388. The van der Waals surface area contributed by atoms with E-state index < -0.39 is 6.04 Å². The summed E-state index contributed by atoms with van der Waals surface area (Å²) in [4.78, 5) is 32.9. The third kappa shape index (κ3) is 2.53. The maximum atomic E-state index is 13.0. The van der Waals surface area contributed by atoms with Crippen molar-refractivity contribution in [2.24, 2.45) is 4.99 Å². The number of hydrogen-bond donors (Lipinski definition) is 0. The van der Waals surface area contributed by atoms with Crippen molar-refractivity contribution in [3.8, 4) is 0 Å². The Morgan fingerprint density at radius 1 is 1.42 bits per heavy atom. The molecule has 0 aromatic carbocycles. The average Bonchev–Trinajstić information content (AvgIpc) is 3.31. The number of amides is 3. The molecule has 3 amide bonds. The van der Waals surface area contributed by atoms with Gasteiger partial charge in [-0.3, -0.25) is 14.6 Å². The van der Waals surface area contributed by atoms with Crippen LogP contribution in [-0.2, 0) is 20.8 Å². The lowest BCUT2D eigenvalue weighted by Crippen LogP contribution is -2.63. The number of carbonyl (C=O) groups excluding carboxylic acids is 2. The number of imide groups is 1. The molecule has 0 N–H and O–H groups in total. The summed E-state index contributed by atoms with van der Waals surface area (Å²) < 4.78 is 14.7. The quantitative estimate of drug-likeness (QED) is 0.710. The molecule has 3 aliphatic rings. The molecular weight excluding hydrogens is 338 g/mol. The fourth-order valence-corrected chi connectivity index (χ4v) is 3.84. The molecule has 9 nitrogen and oxygen atoms in total. The topological polar surface area (TPSA) is 80.2 Å². The maximum Gasteiger partial charge on any atom is 0.402 e. The lowest BCUT2D eigenvalue weighted by Gasteiger charge is -2.32. The summed E-state index contributed by atoms with van der Waals surface area (Å²) in [6.07, 6.45) is 4.20. The number of carbonyl (C=O) groups is 2. The van der Waals surface area contributed by atoms with Crippen molar-refractivity contribution in [3.63, 3.8) is 0 Å². The van der Waals surface area contributed by atoms with Crippen LogP contribution >= 0.6 is 0 Å². The van der Waals surface area contributed by atoms with Gasteiger partial charge in [-0.15, -0.1) is 0 Å². The molecular formula is C17H24N5O4+. The van der Waals surface area contributed by atoms with Crippen LogP contribution in [0.1, 0.15) is 24.6 Å². The van der Waals surface area contributed by atoms with Crippen molar-refractivity contribution in [3.05, 3.63) is 11.9 Å². The van der Waals surface area contributed by atoms with Crippen molar-refractivity contribution in [2.45, 2.75) is 38.5 Å². The van der Waals surface area contributed by atoms with Gasteiger partial charge in [0.05, 0.1) is 25.8 Å². The molecule has 2 atom stereocenters. The number of urea groups is 1. The lowest BCUT2D eigenvalue weighted by molar-refractivity contribution is -0.677. The molecule has 4 rings (SSSR count). The van der Waals surface area contributed by atoms with E-state index in [2.05, 4.69) is 9.56 Å². The zero-order chi connectivity index (χ0) is 18.4. The van der Waals surface area contributed by atoms with Crippen LogP contribution in [-0.4, -0.2) is 72.2 Å². The van der Waals surface area contributed by atoms with E-state index in [0.717, 1.165) is 25.1 Å². The second-order valence-electron chi connectivity index (χ2n) is 6.92. The molecule has 0 aliphatic carbocycles. The Bertz CT molecular complexity index is 780. The largest absolute Gasteiger partial charge is 0.402 e. The Kier molecular flexibility index (Phi) is 4.28. The van der Waals surface area contributed by atoms with E-state index in [9.17, 15) is 9.59 Å². The van der Waals surface area contributed by atoms with Crippen LogP contribution in [0.25, 0.3) is 0 Å². The molecule has 1 aromatic heterocycles. The SMILES string of the molecule is COCCN1C(=O)C2C(=Nc3n(CC4CCCO4)c(C)c[n+]32)N(C)C1=O. The Hall–Kier alpha value is -2.26. The van der Waals surface area contributed by atoms with Crippen LogP contribution in [0.2, 0.25) is 0 Å². The van der Waals surface area contributed by atoms with Gasteiger partial charge in [-0.2, -0.15) is 0 Å². The molecule has 1 aromatic rings. The number of rotatable bonds is 5. The fourth-order valence-electron chi connectivity index (χ4n) is 3.84. The second-order valence-corrected chi connectivity index (χ2v) is 6.92. The number of aliphatic imine (C=N–C) groups is 1. The molecule has 3 aliphatic heterocycles. The van der Waals surface area contributed by atoms with E-state index in [0.29, 0.717) is 24.9 Å². The number of imidazole rings is 1. The number of nitrogens with zero attached hydrogens (tertiary/aromatic N) is 5. The number of aryl methyl sites for hydroxylation is 1. The first-order valence-electron chi connectivity index (χ1n) is 8.92. The highest BCUT2D eigenvalue weighted by molar-refractivity contribution is 6.19. The van der Waals surface area contributed by atoms with Crippen molar-refractivity contribution in [2.75, 3.05) is 33.9 Å². The molecule has 0 bridgehead atoms. The van der Waals surface area contributed by atoms with E-state index in [1.54, 1.807) is 14.2 Å². The van der Waals surface area contributed by atoms with Gasteiger partial charge in [-0.25, -0.2) is 13.9 Å². The number of methoxy groups -OCH3 is 1. The Labute approximate surface area is 151 Å². The molecule has 9 heteroatoms. The molecule has 2 fully saturated rings. The summed E-state index contributed by atoms with van der Waals surface area (Å²) >= 11 is 0. The summed E-state index contributed by atoms with van der Waals surface area (Å²) in [6.45, 7) is 4.04. The van der Waals surface area contributed by atoms with Crippen LogP contribution in [0.3, 0.4) is 0 Å². The summed E-state index contributed by atoms with van der Waals surface area (Å²) in [5, 5.41) is 0. The monoisotopic (exact) mass is 362 g/mol. The smallest absolute Gasteiger partial charge is 0.383 e. The maximum absolute atomic E-state index is 13.0. The summed E-state index contributed by atoms with van der Waals surface area (Å²) in [5.74, 6) is 0.909.